The molecule has 4 rings (SSSR count). The van der Waals surface area contributed by atoms with Crippen LogP contribution in [0.2, 0.25) is 0 Å². The van der Waals surface area contributed by atoms with Gasteiger partial charge in [0.1, 0.15) is 5.69 Å². The van der Waals surface area contributed by atoms with Gasteiger partial charge in [0.15, 0.2) is 11.5 Å². The summed E-state index contributed by atoms with van der Waals surface area (Å²) in [5.41, 5.74) is 2.43. The van der Waals surface area contributed by atoms with Gasteiger partial charge < -0.3 is 19.8 Å². The normalized spacial score (nSPS) is 12.3. The number of aryl methyl sites for hydroxylation is 1. The molecule has 0 aliphatic carbocycles. The van der Waals surface area contributed by atoms with Crippen LogP contribution in [-0.4, -0.2) is 22.7 Å². The SMILES string of the molecule is O=C(CCc1nc2ccccc2[nH]c1=O)NCc1ccc2c(c1)OCO2. The number of para-hydroxylation sites is 2. The summed E-state index contributed by atoms with van der Waals surface area (Å²) >= 11 is 0. The van der Waals surface area contributed by atoms with Crippen LogP contribution in [0, 0.1) is 0 Å². The third-order valence-electron chi connectivity index (χ3n) is 4.19. The maximum absolute atomic E-state index is 12.1. The Morgan fingerprint density at radius 2 is 2.00 bits per heavy atom. The molecule has 26 heavy (non-hydrogen) atoms. The lowest BCUT2D eigenvalue weighted by molar-refractivity contribution is -0.121. The molecule has 3 aromatic rings. The number of benzene rings is 2. The molecule has 0 unspecified atom stereocenters. The molecule has 132 valence electrons. The maximum atomic E-state index is 12.1. The molecule has 0 fully saturated rings. The molecule has 0 saturated carbocycles. The van der Waals surface area contributed by atoms with E-state index in [0.29, 0.717) is 34.8 Å². The number of fused-ring (bicyclic) bond motifs is 2. The Morgan fingerprint density at radius 3 is 2.92 bits per heavy atom. The average Bonchev–Trinajstić information content (AvgIpc) is 3.12. The van der Waals surface area contributed by atoms with Crippen LogP contribution < -0.4 is 20.3 Å². The molecule has 0 bridgehead atoms. The minimum Gasteiger partial charge on any atom is -0.454 e. The van der Waals surface area contributed by atoms with Gasteiger partial charge in [-0.2, -0.15) is 0 Å². The number of ether oxygens (including phenoxy) is 2. The van der Waals surface area contributed by atoms with Gasteiger partial charge in [0.05, 0.1) is 11.0 Å². The Kier molecular flexibility index (Phi) is 4.27. The third-order valence-corrected chi connectivity index (χ3v) is 4.19. The number of carbonyl (C=O) groups excluding carboxylic acids is 1. The predicted molar refractivity (Wildman–Crippen MR) is 95.1 cm³/mol. The summed E-state index contributed by atoms with van der Waals surface area (Å²) < 4.78 is 10.6. The molecule has 0 spiro atoms. The summed E-state index contributed by atoms with van der Waals surface area (Å²) in [6.07, 6.45) is 0.478. The highest BCUT2D eigenvalue weighted by Gasteiger charge is 2.13. The molecular weight excluding hydrogens is 334 g/mol. The van der Waals surface area contributed by atoms with Crippen molar-refractivity contribution < 1.29 is 14.3 Å². The first-order valence-electron chi connectivity index (χ1n) is 8.32. The van der Waals surface area contributed by atoms with Crippen LogP contribution in [0.3, 0.4) is 0 Å². The smallest absolute Gasteiger partial charge is 0.270 e. The fourth-order valence-electron chi connectivity index (χ4n) is 2.81. The van der Waals surface area contributed by atoms with Gasteiger partial charge in [0.2, 0.25) is 12.7 Å². The average molecular weight is 351 g/mol. The van der Waals surface area contributed by atoms with E-state index in [1.165, 1.54) is 0 Å². The standard InChI is InChI=1S/C19H17N3O4/c23-18(20-10-12-5-7-16-17(9-12)26-11-25-16)8-6-15-19(24)22-14-4-2-1-3-13(14)21-15/h1-5,7,9H,6,8,10-11H2,(H,20,23)(H,22,24). The first kappa shape index (κ1) is 16.1. The van der Waals surface area contributed by atoms with Crippen LogP contribution in [0.1, 0.15) is 17.7 Å². The number of hydrogen-bond acceptors (Lipinski definition) is 5. The van der Waals surface area contributed by atoms with Crippen LogP contribution in [-0.2, 0) is 17.8 Å². The summed E-state index contributed by atoms with van der Waals surface area (Å²) in [5, 5.41) is 2.84. The zero-order chi connectivity index (χ0) is 17.9. The second kappa shape index (κ2) is 6.87. The number of nitrogens with zero attached hydrogens (tertiary/aromatic N) is 1. The van der Waals surface area contributed by atoms with Crippen molar-refractivity contribution in [1.82, 2.24) is 15.3 Å². The Labute approximate surface area is 149 Å². The largest absolute Gasteiger partial charge is 0.454 e. The number of aromatic amines is 1. The van der Waals surface area contributed by atoms with Crippen molar-refractivity contribution in [2.75, 3.05) is 6.79 Å². The number of nitrogens with one attached hydrogen (secondary N) is 2. The summed E-state index contributed by atoms with van der Waals surface area (Å²) in [6, 6.07) is 12.9. The van der Waals surface area contributed by atoms with Crippen molar-refractivity contribution in [2.45, 2.75) is 19.4 Å². The lowest BCUT2D eigenvalue weighted by Crippen LogP contribution is -2.24. The maximum Gasteiger partial charge on any atom is 0.270 e. The summed E-state index contributed by atoms with van der Waals surface area (Å²) in [6.45, 7) is 0.607. The Balaban J connectivity index is 1.35. The number of carbonyl (C=O) groups is 1. The van der Waals surface area contributed by atoms with E-state index in [2.05, 4.69) is 15.3 Å². The Hall–Kier alpha value is -3.35. The van der Waals surface area contributed by atoms with E-state index in [1.54, 1.807) is 6.07 Å². The van der Waals surface area contributed by atoms with E-state index < -0.39 is 0 Å². The molecule has 7 nitrogen and oxygen atoms in total. The summed E-state index contributed by atoms with van der Waals surface area (Å²) in [4.78, 5) is 31.3. The summed E-state index contributed by atoms with van der Waals surface area (Å²) in [7, 11) is 0. The molecule has 2 heterocycles. The first-order valence-corrected chi connectivity index (χ1v) is 8.32. The van der Waals surface area contributed by atoms with Crippen molar-refractivity contribution >= 4 is 16.9 Å². The highest BCUT2D eigenvalue weighted by Crippen LogP contribution is 2.32. The quantitative estimate of drug-likeness (QED) is 0.732. The van der Waals surface area contributed by atoms with Gasteiger partial charge in [0, 0.05) is 19.4 Å². The predicted octanol–water partition coefficient (Wildman–Crippen LogP) is 1.90. The van der Waals surface area contributed by atoms with Gasteiger partial charge in [-0.1, -0.05) is 18.2 Å². The Bertz CT molecular complexity index is 1030. The van der Waals surface area contributed by atoms with Gasteiger partial charge in [-0.25, -0.2) is 4.98 Å². The molecule has 0 radical (unpaired) electrons. The monoisotopic (exact) mass is 351 g/mol. The number of aromatic nitrogens is 2. The zero-order valence-electron chi connectivity index (χ0n) is 14.0. The van der Waals surface area contributed by atoms with Gasteiger partial charge in [0.25, 0.3) is 5.56 Å². The van der Waals surface area contributed by atoms with Crippen LogP contribution in [0.15, 0.2) is 47.3 Å². The number of H-pyrrole nitrogens is 1. The van der Waals surface area contributed by atoms with Gasteiger partial charge in [-0.05, 0) is 29.8 Å². The lowest BCUT2D eigenvalue weighted by atomic mass is 10.2. The van der Waals surface area contributed by atoms with Crippen molar-refractivity contribution in [3.63, 3.8) is 0 Å². The second-order valence-corrected chi connectivity index (χ2v) is 5.99. The van der Waals surface area contributed by atoms with Crippen LogP contribution in [0.4, 0.5) is 0 Å². The minimum absolute atomic E-state index is 0.142. The molecule has 7 heteroatoms. The van der Waals surface area contributed by atoms with E-state index in [1.807, 2.05) is 36.4 Å². The van der Waals surface area contributed by atoms with Gasteiger partial charge in [-0.3, -0.25) is 9.59 Å². The molecule has 2 N–H and O–H groups in total. The number of hydrogen-bond donors (Lipinski definition) is 2. The van der Waals surface area contributed by atoms with Crippen LogP contribution >= 0.6 is 0 Å². The summed E-state index contributed by atoms with van der Waals surface area (Å²) in [5.74, 6) is 1.25. The van der Waals surface area contributed by atoms with Gasteiger partial charge in [-0.15, -0.1) is 0 Å². The molecule has 0 atom stereocenters. The first-order chi connectivity index (χ1) is 12.7. The van der Waals surface area contributed by atoms with E-state index in [-0.39, 0.29) is 31.1 Å². The van der Waals surface area contributed by atoms with E-state index in [9.17, 15) is 9.59 Å². The fraction of sp³-hybridized carbons (Fsp3) is 0.211. The van der Waals surface area contributed by atoms with Crippen molar-refractivity contribution in [1.29, 1.82) is 0 Å². The zero-order valence-corrected chi connectivity index (χ0v) is 14.0. The number of rotatable bonds is 5. The second-order valence-electron chi connectivity index (χ2n) is 5.99. The number of amides is 1. The lowest BCUT2D eigenvalue weighted by Gasteiger charge is -2.06. The third kappa shape index (κ3) is 3.37. The van der Waals surface area contributed by atoms with E-state index in [0.717, 1.165) is 5.56 Å². The van der Waals surface area contributed by atoms with Crippen LogP contribution in [0.5, 0.6) is 11.5 Å². The molecule has 2 aromatic carbocycles. The molecule has 1 aromatic heterocycles. The molecule has 1 aliphatic rings. The fourth-order valence-corrected chi connectivity index (χ4v) is 2.81. The molecule has 1 aliphatic heterocycles. The topological polar surface area (TPSA) is 93.3 Å². The van der Waals surface area contributed by atoms with Crippen LogP contribution in [0.25, 0.3) is 11.0 Å². The minimum atomic E-state index is -0.257. The molecular formula is C19H17N3O4. The highest BCUT2D eigenvalue weighted by molar-refractivity contribution is 5.76. The van der Waals surface area contributed by atoms with Crippen molar-refractivity contribution in [3.05, 3.63) is 64.1 Å². The van der Waals surface area contributed by atoms with E-state index >= 15 is 0 Å². The van der Waals surface area contributed by atoms with E-state index in [4.69, 9.17) is 9.47 Å². The van der Waals surface area contributed by atoms with Crippen molar-refractivity contribution in [3.8, 4) is 11.5 Å². The Morgan fingerprint density at radius 1 is 1.15 bits per heavy atom. The molecule has 0 saturated heterocycles. The highest BCUT2D eigenvalue weighted by atomic mass is 16.7. The molecule has 1 amide bonds. The van der Waals surface area contributed by atoms with Gasteiger partial charge >= 0.3 is 0 Å². The van der Waals surface area contributed by atoms with Crippen molar-refractivity contribution in [2.24, 2.45) is 0 Å².